The minimum Gasteiger partial charge on any atom is -0.483 e. The highest BCUT2D eigenvalue weighted by atomic mass is 28.4. The second-order valence-corrected chi connectivity index (χ2v) is 8.51. The molecule has 4 heteroatoms. The highest BCUT2D eigenvalue weighted by Gasteiger charge is 2.48. The van der Waals surface area contributed by atoms with Gasteiger partial charge in [-0.05, 0) is 42.8 Å². The van der Waals surface area contributed by atoms with Crippen molar-refractivity contribution < 1.29 is 13.3 Å². The third kappa shape index (κ3) is 5.13. The van der Waals surface area contributed by atoms with Crippen LogP contribution < -0.4 is 13.3 Å². The maximum atomic E-state index is 6.41. The van der Waals surface area contributed by atoms with E-state index < -0.39 is 8.80 Å². The average Bonchev–Trinajstić information content (AvgIpc) is 2.69. The zero-order valence-corrected chi connectivity index (χ0v) is 16.0. The van der Waals surface area contributed by atoms with Gasteiger partial charge in [-0.1, -0.05) is 67.9 Å². The van der Waals surface area contributed by atoms with Crippen LogP contribution in [0.2, 0.25) is 6.04 Å². The Morgan fingerprint density at radius 2 is 0.923 bits per heavy atom. The van der Waals surface area contributed by atoms with E-state index in [9.17, 15) is 0 Å². The highest BCUT2D eigenvalue weighted by molar-refractivity contribution is 6.63. The first-order chi connectivity index (χ1) is 12.8. The summed E-state index contributed by atoms with van der Waals surface area (Å²) in [6, 6.07) is 30.0. The fourth-order valence-electron chi connectivity index (χ4n) is 2.61. The van der Waals surface area contributed by atoms with Gasteiger partial charge in [-0.3, -0.25) is 0 Å². The van der Waals surface area contributed by atoms with Gasteiger partial charge < -0.3 is 13.3 Å². The Balaban J connectivity index is 1.94. The molecular formula is C22H24O3Si. The van der Waals surface area contributed by atoms with E-state index in [1.807, 2.05) is 91.0 Å². The summed E-state index contributed by atoms with van der Waals surface area (Å²) in [6.45, 7) is 2.16. The van der Waals surface area contributed by atoms with Crippen LogP contribution in [0.1, 0.15) is 19.8 Å². The Morgan fingerprint density at radius 1 is 0.577 bits per heavy atom. The summed E-state index contributed by atoms with van der Waals surface area (Å²) >= 11 is 0. The maximum Gasteiger partial charge on any atom is 0.699 e. The smallest absolute Gasteiger partial charge is 0.483 e. The molecular weight excluding hydrogens is 340 g/mol. The average molecular weight is 365 g/mol. The highest BCUT2D eigenvalue weighted by Crippen LogP contribution is 2.27. The predicted octanol–water partition coefficient (Wildman–Crippen LogP) is 5.96. The van der Waals surface area contributed by atoms with Crippen molar-refractivity contribution >= 4 is 8.80 Å². The Hall–Kier alpha value is -2.72. The second kappa shape index (κ2) is 9.11. The minimum absolute atomic E-state index is 0.738. The minimum atomic E-state index is -3.04. The first-order valence-corrected chi connectivity index (χ1v) is 10.9. The molecule has 0 saturated heterocycles. The van der Waals surface area contributed by atoms with Crippen molar-refractivity contribution in [1.82, 2.24) is 0 Å². The molecule has 134 valence electrons. The summed E-state index contributed by atoms with van der Waals surface area (Å²) < 4.78 is 19.2. The molecule has 0 aliphatic rings. The maximum absolute atomic E-state index is 6.41. The summed E-state index contributed by atoms with van der Waals surface area (Å²) in [7, 11) is -3.04. The number of benzene rings is 3. The fraction of sp³-hybridized carbons (Fsp3) is 0.182. The van der Waals surface area contributed by atoms with E-state index in [2.05, 4.69) is 6.92 Å². The molecule has 0 aliphatic carbocycles. The zero-order valence-electron chi connectivity index (χ0n) is 15.0. The Bertz CT molecular complexity index is 662. The van der Waals surface area contributed by atoms with Crippen molar-refractivity contribution in [3.8, 4) is 17.2 Å². The largest absolute Gasteiger partial charge is 0.699 e. The van der Waals surface area contributed by atoms with Crippen molar-refractivity contribution in [2.24, 2.45) is 0 Å². The van der Waals surface area contributed by atoms with Crippen LogP contribution >= 0.6 is 0 Å². The normalized spacial score (nSPS) is 11.0. The van der Waals surface area contributed by atoms with Crippen LogP contribution in [-0.4, -0.2) is 8.80 Å². The van der Waals surface area contributed by atoms with E-state index >= 15 is 0 Å². The molecule has 0 aliphatic heterocycles. The van der Waals surface area contributed by atoms with E-state index in [0.717, 1.165) is 36.1 Å². The molecule has 3 nitrogen and oxygen atoms in total. The molecule has 0 radical (unpaired) electrons. The fourth-order valence-corrected chi connectivity index (χ4v) is 5.32. The van der Waals surface area contributed by atoms with E-state index in [-0.39, 0.29) is 0 Å². The summed E-state index contributed by atoms with van der Waals surface area (Å²) in [5.74, 6) is 2.30. The van der Waals surface area contributed by atoms with Crippen molar-refractivity contribution in [2.75, 3.05) is 0 Å². The molecule has 3 aromatic carbocycles. The molecule has 0 atom stereocenters. The third-order valence-corrected chi connectivity index (χ3v) is 6.49. The first kappa shape index (κ1) is 18.1. The molecule has 0 aromatic heterocycles. The lowest BCUT2D eigenvalue weighted by molar-refractivity contribution is 0.259. The van der Waals surface area contributed by atoms with Crippen molar-refractivity contribution in [1.29, 1.82) is 0 Å². The molecule has 0 heterocycles. The van der Waals surface area contributed by atoms with Crippen molar-refractivity contribution in [3.05, 3.63) is 91.0 Å². The third-order valence-electron chi connectivity index (χ3n) is 3.89. The lowest BCUT2D eigenvalue weighted by Crippen LogP contribution is -2.54. The monoisotopic (exact) mass is 364 g/mol. The molecule has 0 saturated carbocycles. The molecule has 0 spiro atoms. The number of hydrogen-bond donors (Lipinski definition) is 0. The van der Waals surface area contributed by atoms with Gasteiger partial charge in [0, 0.05) is 0 Å². The van der Waals surface area contributed by atoms with Gasteiger partial charge in [0.1, 0.15) is 17.2 Å². The zero-order chi connectivity index (χ0) is 18.1. The molecule has 3 rings (SSSR count). The summed E-state index contributed by atoms with van der Waals surface area (Å²) in [4.78, 5) is 0. The van der Waals surface area contributed by atoms with Gasteiger partial charge in [0.2, 0.25) is 0 Å². The summed E-state index contributed by atoms with van der Waals surface area (Å²) in [5, 5.41) is 0. The molecule has 0 fully saturated rings. The van der Waals surface area contributed by atoms with Gasteiger partial charge in [-0.2, -0.15) is 0 Å². The Labute approximate surface area is 156 Å². The van der Waals surface area contributed by atoms with Gasteiger partial charge >= 0.3 is 8.80 Å². The molecule has 26 heavy (non-hydrogen) atoms. The van der Waals surface area contributed by atoms with Crippen LogP contribution in [0.4, 0.5) is 0 Å². The van der Waals surface area contributed by atoms with E-state index in [4.69, 9.17) is 13.3 Å². The van der Waals surface area contributed by atoms with Crippen LogP contribution in [0, 0.1) is 0 Å². The van der Waals surface area contributed by atoms with Gasteiger partial charge in [-0.15, -0.1) is 0 Å². The van der Waals surface area contributed by atoms with Crippen molar-refractivity contribution in [3.63, 3.8) is 0 Å². The quantitative estimate of drug-likeness (QED) is 0.438. The number of rotatable bonds is 9. The number of hydrogen-bond acceptors (Lipinski definition) is 3. The van der Waals surface area contributed by atoms with E-state index in [0.29, 0.717) is 0 Å². The van der Waals surface area contributed by atoms with Gasteiger partial charge in [0.15, 0.2) is 0 Å². The van der Waals surface area contributed by atoms with Crippen molar-refractivity contribution in [2.45, 2.75) is 25.8 Å². The molecule has 0 unspecified atom stereocenters. The predicted molar refractivity (Wildman–Crippen MR) is 107 cm³/mol. The Morgan fingerprint density at radius 3 is 1.23 bits per heavy atom. The number of unbranched alkanes of at least 4 members (excludes halogenated alkanes) is 1. The van der Waals surface area contributed by atoms with Crippen LogP contribution in [0.25, 0.3) is 0 Å². The lowest BCUT2D eigenvalue weighted by atomic mass is 10.3. The lowest BCUT2D eigenvalue weighted by Gasteiger charge is -2.30. The molecule has 3 aromatic rings. The molecule has 0 bridgehead atoms. The van der Waals surface area contributed by atoms with Gasteiger partial charge in [0.25, 0.3) is 0 Å². The SMILES string of the molecule is CCCC[Si](Oc1ccccc1)(Oc1ccccc1)Oc1ccccc1. The molecule has 0 amide bonds. The van der Waals surface area contributed by atoms with Gasteiger partial charge in [0.05, 0.1) is 6.04 Å². The van der Waals surface area contributed by atoms with E-state index in [1.165, 1.54) is 0 Å². The standard InChI is InChI=1S/C22H24O3Si/c1-2-3-19-26(23-20-13-7-4-8-14-20,24-21-15-9-5-10-16-21)25-22-17-11-6-12-18-22/h4-18H,2-3,19H2,1H3. The second-order valence-electron chi connectivity index (χ2n) is 6.03. The summed E-state index contributed by atoms with van der Waals surface area (Å²) in [5.41, 5.74) is 0. The summed E-state index contributed by atoms with van der Waals surface area (Å²) in [6.07, 6.45) is 2.02. The Kier molecular flexibility index (Phi) is 6.33. The van der Waals surface area contributed by atoms with Crippen LogP contribution in [0.15, 0.2) is 91.0 Å². The van der Waals surface area contributed by atoms with E-state index in [1.54, 1.807) is 0 Å². The van der Waals surface area contributed by atoms with Crippen LogP contribution in [-0.2, 0) is 0 Å². The topological polar surface area (TPSA) is 27.7 Å². The number of para-hydroxylation sites is 3. The molecule has 0 N–H and O–H groups in total. The van der Waals surface area contributed by atoms with Gasteiger partial charge in [-0.25, -0.2) is 0 Å². The van der Waals surface area contributed by atoms with Crippen LogP contribution in [0.5, 0.6) is 17.2 Å². The first-order valence-electron chi connectivity index (χ1n) is 9.02. The van der Waals surface area contributed by atoms with Crippen LogP contribution in [0.3, 0.4) is 0 Å².